The smallest absolute Gasteiger partial charge is 0.336 e. The van der Waals surface area contributed by atoms with E-state index in [1.807, 2.05) is 38.1 Å². The molecule has 3 aromatic rings. The Morgan fingerprint density at radius 2 is 1.66 bits per heavy atom. The van der Waals surface area contributed by atoms with Gasteiger partial charge in [-0.15, -0.1) is 0 Å². The van der Waals surface area contributed by atoms with Gasteiger partial charge in [0.25, 0.3) is 11.8 Å². The Hall–Kier alpha value is -4.11. The van der Waals surface area contributed by atoms with Gasteiger partial charge in [0.05, 0.1) is 23.4 Å². The molecule has 0 unspecified atom stereocenters. The molecule has 0 spiro atoms. The number of hydrogen-bond donors (Lipinski definition) is 1. The van der Waals surface area contributed by atoms with Crippen molar-refractivity contribution in [2.45, 2.75) is 27.4 Å². The number of nitrogens with zero attached hydrogens (tertiary/aromatic N) is 1. The van der Waals surface area contributed by atoms with Crippen LogP contribution in [0, 0.1) is 6.92 Å². The molecule has 0 aromatic heterocycles. The molecule has 1 N–H and O–H groups in total. The van der Waals surface area contributed by atoms with Crippen molar-refractivity contribution in [3.05, 3.63) is 87.4 Å². The van der Waals surface area contributed by atoms with Gasteiger partial charge in [0.2, 0.25) is 0 Å². The predicted octanol–water partition coefficient (Wildman–Crippen LogP) is 5.80. The van der Waals surface area contributed by atoms with Gasteiger partial charge in [-0.3, -0.25) is 14.9 Å². The molecule has 38 heavy (non-hydrogen) atoms. The zero-order chi connectivity index (χ0) is 27.2. The lowest BCUT2D eigenvalue weighted by molar-refractivity contribution is -0.122. The van der Waals surface area contributed by atoms with E-state index in [4.69, 9.17) is 14.2 Å². The topological polar surface area (TPSA) is 94.2 Å². The highest BCUT2D eigenvalue weighted by atomic mass is 79.9. The third-order valence-electron chi connectivity index (χ3n) is 5.63. The number of carbonyl (C=O) groups is 3. The average Bonchev–Trinajstić information content (AvgIpc) is 2.88. The van der Waals surface area contributed by atoms with Gasteiger partial charge in [0.1, 0.15) is 29.4 Å². The lowest BCUT2D eigenvalue weighted by Crippen LogP contribution is -2.54. The van der Waals surface area contributed by atoms with Crippen molar-refractivity contribution in [2.24, 2.45) is 0 Å². The van der Waals surface area contributed by atoms with Gasteiger partial charge in [0, 0.05) is 6.07 Å². The molecule has 3 aromatic carbocycles. The van der Waals surface area contributed by atoms with Gasteiger partial charge in [-0.05, 0) is 78.2 Å². The van der Waals surface area contributed by atoms with Gasteiger partial charge >= 0.3 is 6.03 Å². The summed E-state index contributed by atoms with van der Waals surface area (Å²) in [5.41, 5.74) is 2.74. The lowest BCUT2D eigenvalue weighted by atomic mass is 10.1. The van der Waals surface area contributed by atoms with E-state index in [1.54, 1.807) is 37.3 Å². The summed E-state index contributed by atoms with van der Waals surface area (Å²) in [5.74, 6) is -0.181. The SMILES string of the molecule is CCOc1ccc(OCC)c(N2C(=O)NC(=O)/C(=C\c3ccc(OCc4cccc(C)c4)c(Br)c3)C2=O)c1. The Bertz CT molecular complexity index is 1420. The Balaban J connectivity index is 1.61. The molecular formula is C29H27BrN2O6. The number of amides is 4. The largest absolute Gasteiger partial charge is 0.494 e. The predicted molar refractivity (Wildman–Crippen MR) is 147 cm³/mol. The second kappa shape index (κ2) is 12.0. The summed E-state index contributed by atoms with van der Waals surface area (Å²) in [6.45, 7) is 6.74. The monoisotopic (exact) mass is 578 g/mol. The molecule has 0 aliphatic carbocycles. The van der Waals surface area contributed by atoms with Crippen LogP contribution >= 0.6 is 15.9 Å². The van der Waals surface area contributed by atoms with E-state index in [9.17, 15) is 14.4 Å². The van der Waals surface area contributed by atoms with Gasteiger partial charge in [-0.2, -0.15) is 0 Å². The molecule has 1 fully saturated rings. The number of nitrogens with one attached hydrogen (secondary N) is 1. The van der Waals surface area contributed by atoms with Crippen molar-refractivity contribution in [2.75, 3.05) is 18.1 Å². The Morgan fingerprint density at radius 3 is 2.37 bits per heavy atom. The third-order valence-corrected chi connectivity index (χ3v) is 6.25. The van der Waals surface area contributed by atoms with Crippen LogP contribution in [0.4, 0.5) is 10.5 Å². The van der Waals surface area contributed by atoms with Crippen LogP contribution in [0.3, 0.4) is 0 Å². The average molecular weight is 579 g/mol. The normalized spacial score (nSPS) is 14.5. The second-order valence-electron chi connectivity index (χ2n) is 8.42. The minimum Gasteiger partial charge on any atom is -0.494 e. The minimum atomic E-state index is -0.868. The molecule has 4 amide bonds. The van der Waals surface area contributed by atoms with Crippen LogP contribution in [-0.2, 0) is 16.2 Å². The fraction of sp³-hybridized carbons (Fsp3) is 0.207. The fourth-order valence-corrected chi connectivity index (χ4v) is 4.45. The van der Waals surface area contributed by atoms with Crippen LogP contribution in [0.5, 0.6) is 17.2 Å². The first-order chi connectivity index (χ1) is 18.3. The molecule has 8 nitrogen and oxygen atoms in total. The minimum absolute atomic E-state index is 0.180. The van der Waals surface area contributed by atoms with Crippen molar-refractivity contribution in [3.8, 4) is 17.2 Å². The highest BCUT2D eigenvalue weighted by molar-refractivity contribution is 9.10. The van der Waals surface area contributed by atoms with Crippen molar-refractivity contribution < 1.29 is 28.6 Å². The molecule has 1 saturated heterocycles. The van der Waals surface area contributed by atoms with Crippen LogP contribution in [0.1, 0.15) is 30.5 Å². The molecule has 0 saturated carbocycles. The number of barbiturate groups is 1. The van der Waals surface area contributed by atoms with E-state index in [0.717, 1.165) is 16.0 Å². The van der Waals surface area contributed by atoms with E-state index in [-0.39, 0.29) is 11.3 Å². The number of hydrogen-bond acceptors (Lipinski definition) is 6. The van der Waals surface area contributed by atoms with Crippen LogP contribution < -0.4 is 24.4 Å². The number of carbonyl (C=O) groups excluding carboxylic acids is 3. The fourth-order valence-electron chi connectivity index (χ4n) is 3.94. The van der Waals surface area contributed by atoms with Crippen molar-refractivity contribution in [1.29, 1.82) is 0 Å². The number of benzene rings is 3. The maximum absolute atomic E-state index is 13.5. The van der Waals surface area contributed by atoms with Gasteiger partial charge in [0.15, 0.2) is 0 Å². The number of anilines is 1. The number of halogens is 1. The van der Waals surface area contributed by atoms with Gasteiger partial charge in [-0.1, -0.05) is 35.9 Å². The summed E-state index contributed by atoms with van der Waals surface area (Å²) in [5, 5.41) is 2.24. The highest BCUT2D eigenvalue weighted by Gasteiger charge is 2.38. The number of aryl methyl sites for hydroxylation is 1. The first-order valence-electron chi connectivity index (χ1n) is 12.1. The first kappa shape index (κ1) is 26.9. The maximum Gasteiger partial charge on any atom is 0.336 e. The Labute approximate surface area is 229 Å². The number of urea groups is 1. The quantitative estimate of drug-likeness (QED) is 0.255. The number of rotatable bonds is 9. The number of ether oxygens (including phenoxy) is 3. The first-order valence-corrected chi connectivity index (χ1v) is 12.9. The lowest BCUT2D eigenvalue weighted by Gasteiger charge is -2.28. The van der Waals surface area contributed by atoms with Gasteiger partial charge < -0.3 is 14.2 Å². The van der Waals surface area contributed by atoms with E-state index in [0.29, 0.717) is 47.1 Å². The molecule has 196 valence electrons. The molecular weight excluding hydrogens is 552 g/mol. The van der Waals surface area contributed by atoms with Crippen LogP contribution in [0.15, 0.2) is 70.7 Å². The third kappa shape index (κ3) is 6.06. The highest BCUT2D eigenvalue weighted by Crippen LogP contribution is 2.35. The van der Waals surface area contributed by atoms with E-state index < -0.39 is 17.8 Å². The van der Waals surface area contributed by atoms with Gasteiger partial charge in [-0.25, -0.2) is 9.69 Å². The van der Waals surface area contributed by atoms with Crippen LogP contribution in [0.2, 0.25) is 0 Å². The second-order valence-corrected chi connectivity index (χ2v) is 9.28. The molecule has 1 aliphatic rings. The molecule has 0 atom stereocenters. The van der Waals surface area contributed by atoms with E-state index >= 15 is 0 Å². The molecule has 9 heteroatoms. The molecule has 1 heterocycles. The van der Waals surface area contributed by atoms with Crippen molar-refractivity contribution in [1.82, 2.24) is 5.32 Å². The Kier molecular flexibility index (Phi) is 8.48. The molecule has 0 bridgehead atoms. The summed E-state index contributed by atoms with van der Waals surface area (Å²) >= 11 is 3.50. The molecule has 1 aliphatic heterocycles. The van der Waals surface area contributed by atoms with Crippen LogP contribution in [-0.4, -0.2) is 31.1 Å². The maximum atomic E-state index is 13.5. The number of imide groups is 2. The van der Waals surface area contributed by atoms with Crippen LogP contribution in [0.25, 0.3) is 6.08 Å². The summed E-state index contributed by atoms with van der Waals surface area (Å²) < 4.78 is 17.8. The van der Waals surface area contributed by atoms with Crippen molar-refractivity contribution >= 4 is 45.5 Å². The standard InChI is InChI=1S/C29H27BrN2O6/c1-4-36-21-10-12-26(37-5-2)24(16-21)32-28(34)22(27(33)31-29(32)35)14-19-9-11-25(23(30)15-19)38-17-20-8-6-7-18(3)13-20/h6-16H,4-5,17H2,1-3H3,(H,31,33,35)/b22-14+. The molecule has 0 radical (unpaired) electrons. The summed E-state index contributed by atoms with van der Waals surface area (Å²) in [6, 6.07) is 17.2. The zero-order valence-corrected chi connectivity index (χ0v) is 22.8. The molecule has 4 rings (SSSR count). The summed E-state index contributed by atoms with van der Waals surface area (Å²) in [7, 11) is 0. The van der Waals surface area contributed by atoms with E-state index in [1.165, 1.54) is 12.1 Å². The van der Waals surface area contributed by atoms with E-state index in [2.05, 4.69) is 21.2 Å². The summed E-state index contributed by atoms with van der Waals surface area (Å²) in [6.07, 6.45) is 1.43. The Morgan fingerprint density at radius 1 is 0.895 bits per heavy atom. The summed E-state index contributed by atoms with van der Waals surface area (Å²) in [4.78, 5) is 39.8. The zero-order valence-electron chi connectivity index (χ0n) is 21.2. The van der Waals surface area contributed by atoms with Crippen molar-refractivity contribution in [3.63, 3.8) is 0 Å².